The Balaban J connectivity index is 3.00. The summed E-state index contributed by atoms with van der Waals surface area (Å²) in [5, 5.41) is 10.0. The lowest BCUT2D eigenvalue weighted by molar-refractivity contribution is 0.413. The smallest absolute Gasteiger partial charge is 0.242 e. The van der Waals surface area contributed by atoms with Crippen LogP contribution in [0.15, 0.2) is 23.1 Å². The average molecular weight is 402 g/mol. The fourth-order valence-electron chi connectivity index (χ4n) is 2.11. The van der Waals surface area contributed by atoms with E-state index in [2.05, 4.69) is 27.8 Å². The van der Waals surface area contributed by atoms with Crippen LogP contribution in [0.3, 0.4) is 0 Å². The lowest BCUT2D eigenvalue weighted by atomic mass is 10.2. The van der Waals surface area contributed by atoms with Gasteiger partial charge in [-0.05, 0) is 50.9 Å². The molecule has 0 radical (unpaired) electrons. The maximum absolute atomic E-state index is 12.4. The molecule has 0 aromatic heterocycles. The molecule has 0 fully saturated rings. The minimum Gasteiger partial charge on any atom is -0.383 e. The zero-order chi connectivity index (χ0) is 19.7. The molecular formula is C17H31N5O2S2. The van der Waals surface area contributed by atoms with Crippen molar-refractivity contribution >= 4 is 38.7 Å². The highest BCUT2D eigenvalue weighted by atomic mass is 32.2. The molecule has 148 valence electrons. The summed E-state index contributed by atoms with van der Waals surface area (Å²) in [5.41, 5.74) is 1.47. The Hall–Kier alpha value is -1.42. The van der Waals surface area contributed by atoms with Gasteiger partial charge in [0.1, 0.15) is 0 Å². The van der Waals surface area contributed by atoms with Gasteiger partial charge in [0.25, 0.3) is 0 Å². The van der Waals surface area contributed by atoms with Gasteiger partial charge in [0, 0.05) is 33.7 Å². The van der Waals surface area contributed by atoms with Crippen molar-refractivity contribution in [2.75, 3.05) is 58.5 Å². The second-order valence-electron chi connectivity index (χ2n) is 6.46. The number of thiocarbonyl (C=S) groups is 1. The topological polar surface area (TPSA) is 76.7 Å². The molecule has 1 rings (SSSR count). The molecule has 0 saturated carbocycles. The number of benzene rings is 1. The largest absolute Gasteiger partial charge is 0.383 e. The quantitative estimate of drug-likeness (QED) is 0.409. The van der Waals surface area contributed by atoms with E-state index in [1.165, 1.54) is 18.4 Å². The first kappa shape index (κ1) is 22.6. The van der Waals surface area contributed by atoms with Crippen LogP contribution in [0.1, 0.15) is 19.8 Å². The predicted octanol–water partition coefficient (Wildman–Crippen LogP) is 2.00. The maximum atomic E-state index is 12.4. The average Bonchev–Trinajstić information content (AvgIpc) is 2.55. The number of hydrogen-bond donors (Lipinski definition) is 3. The number of unbranched alkanes of at least 4 members (excludes halogenated alkanes) is 1. The van der Waals surface area contributed by atoms with Crippen molar-refractivity contribution in [3.8, 4) is 0 Å². The van der Waals surface area contributed by atoms with Crippen LogP contribution in [-0.4, -0.2) is 70.6 Å². The molecule has 7 nitrogen and oxygen atoms in total. The summed E-state index contributed by atoms with van der Waals surface area (Å²) in [4.78, 5) is 2.28. The maximum Gasteiger partial charge on any atom is 0.242 e. The fraction of sp³-hybridized carbons (Fsp3) is 0.588. The van der Waals surface area contributed by atoms with Crippen molar-refractivity contribution in [1.82, 2.24) is 14.5 Å². The second kappa shape index (κ2) is 10.7. The highest BCUT2D eigenvalue weighted by Gasteiger charge is 2.19. The Bertz CT molecular complexity index is 690. The highest BCUT2D eigenvalue weighted by molar-refractivity contribution is 7.89. The molecule has 26 heavy (non-hydrogen) atoms. The third kappa shape index (κ3) is 7.06. The number of anilines is 2. The van der Waals surface area contributed by atoms with Crippen LogP contribution in [0.25, 0.3) is 0 Å². The number of hydrogen-bond acceptors (Lipinski definition) is 5. The lowest BCUT2D eigenvalue weighted by Crippen LogP contribution is -2.34. The number of likely N-dealkylation sites (N-methyl/N-ethyl adjacent to an activating group) is 1. The third-order valence-electron chi connectivity index (χ3n) is 3.71. The summed E-state index contributed by atoms with van der Waals surface area (Å²) in [5.74, 6) is 0. The first-order valence-corrected chi connectivity index (χ1v) is 10.5. The van der Waals surface area contributed by atoms with Crippen molar-refractivity contribution in [1.29, 1.82) is 0 Å². The third-order valence-corrected chi connectivity index (χ3v) is 5.77. The first-order valence-electron chi connectivity index (χ1n) is 8.68. The summed E-state index contributed by atoms with van der Waals surface area (Å²) in [6, 6.07) is 5.00. The molecule has 9 heteroatoms. The monoisotopic (exact) mass is 401 g/mol. The number of sulfonamides is 1. The zero-order valence-corrected chi connectivity index (χ0v) is 17.9. The van der Waals surface area contributed by atoms with Crippen LogP contribution < -0.4 is 16.0 Å². The number of nitrogens with zero attached hydrogens (tertiary/aromatic N) is 2. The molecular weight excluding hydrogens is 370 g/mol. The van der Waals surface area contributed by atoms with Gasteiger partial charge >= 0.3 is 0 Å². The Morgan fingerprint density at radius 3 is 2.38 bits per heavy atom. The summed E-state index contributed by atoms with van der Waals surface area (Å²) < 4.78 is 26.0. The van der Waals surface area contributed by atoms with Crippen LogP contribution in [0.4, 0.5) is 11.4 Å². The minimum atomic E-state index is -3.51. The molecule has 0 aliphatic carbocycles. The zero-order valence-electron chi connectivity index (χ0n) is 16.3. The van der Waals surface area contributed by atoms with Gasteiger partial charge in [-0.25, -0.2) is 12.7 Å². The minimum absolute atomic E-state index is 0.224. The lowest BCUT2D eigenvalue weighted by Gasteiger charge is -2.18. The number of nitrogens with one attached hydrogen (secondary N) is 3. The summed E-state index contributed by atoms with van der Waals surface area (Å²) >= 11 is 5.34. The second-order valence-corrected chi connectivity index (χ2v) is 9.02. The van der Waals surface area contributed by atoms with Crippen LogP contribution in [0.2, 0.25) is 0 Å². The van der Waals surface area contributed by atoms with Gasteiger partial charge in [-0.15, -0.1) is 0 Å². The Labute approximate surface area is 163 Å². The van der Waals surface area contributed by atoms with Crippen molar-refractivity contribution in [3.05, 3.63) is 18.2 Å². The standard InChI is InChI=1S/C17H31N5O2S2/c1-6-7-10-18-15-9-8-14(26(23,24)22(4)5)13-16(15)20-17(25)19-11-12-21(2)3/h8-9,13,18H,6-7,10-12H2,1-5H3,(H2,19,20,25). The van der Waals surface area contributed by atoms with E-state index in [1.807, 2.05) is 14.1 Å². The summed E-state index contributed by atoms with van der Waals surface area (Å²) in [6.45, 7) is 4.48. The van der Waals surface area contributed by atoms with E-state index < -0.39 is 10.0 Å². The van der Waals surface area contributed by atoms with Gasteiger partial charge < -0.3 is 20.9 Å². The molecule has 0 aliphatic heterocycles. The molecule has 1 aromatic carbocycles. The van der Waals surface area contributed by atoms with E-state index in [-0.39, 0.29) is 4.90 Å². The molecule has 0 saturated heterocycles. The molecule has 0 aliphatic rings. The molecule has 3 N–H and O–H groups in total. The van der Waals surface area contributed by atoms with Gasteiger partial charge in [0.15, 0.2) is 5.11 Å². The first-order chi connectivity index (χ1) is 12.2. The molecule has 0 heterocycles. The van der Waals surface area contributed by atoms with E-state index in [4.69, 9.17) is 12.2 Å². The molecule has 0 bridgehead atoms. The van der Waals surface area contributed by atoms with E-state index >= 15 is 0 Å². The van der Waals surface area contributed by atoms with Gasteiger partial charge in [-0.2, -0.15) is 0 Å². The van der Waals surface area contributed by atoms with Crippen molar-refractivity contribution in [2.45, 2.75) is 24.7 Å². The normalized spacial score (nSPS) is 11.7. The predicted molar refractivity (Wildman–Crippen MR) is 113 cm³/mol. The Kier molecular flexibility index (Phi) is 9.28. The van der Waals surface area contributed by atoms with Crippen molar-refractivity contribution in [2.24, 2.45) is 0 Å². The van der Waals surface area contributed by atoms with Crippen LogP contribution in [-0.2, 0) is 10.0 Å². The van der Waals surface area contributed by atoms with Crippen molar-refractivity contribution < 1.29 is 8.42 Å². The molecule has 0 unspecified atom stereocenters. The van der Waals surface area contributed by atoms with Gasteiger partial charge in [-0.1, -0.05) is 13.3 Å². The van der Waals surface area contributed by atoms with Crippen molar-refractivity contribution in [3.63, 3.8) is 0 Å². The fourth-order valence-corrected chi connectivity index (χ4v) is 3.25. The summed E-state index contributed by atoms with van der Waals surface area (Å²) in [6.07, 6.45) is 2.11. The SMILES string of the molecule is CCCCNc1ccc(S(=O)(=O)N(C)C)cc1NC(=S)NCCN(C)C. The Morgan fingerprint density at radius 2 is 1.81 bits per heavy atom. The molecule has 1 aromatic rings. The van der Waals surface area contributed by atoms with Crippen LogP contribution in [0, 0.1) is 0 Å². The molecule has 0 amide bonds. The number of rotatable bonds is 10. The van der Waals surface area contributed by atoms with E-state index in [0.717, 1.165) is 31.6 Å². The Morgan fingerprint density at radius 1 is 1.12 bits per heavy atom. The van der Waals surface area contributed by atoms with Gasteiger partial charge in [0.05, 0.1) is 16.3 Å². The van der Waals surface area contributed by atoms with Crippen LogP contribution in [0.5, 0.6) is 0 Å². The molecule has 0 spiro atoms. The van der Waals surface area contributed by atoms with E-state index in [1.54, 1.807) is 18.2 Å². The highest BCUT2D eigenvalue weighted by Crippen LogP contribution is 2.27. The van der Waals surface area contributed by atoms with Gasteiger partial charge in [-0.3, -0.25) is 0 Å². The van der Waals surface area contributed by atoms with Gasteiger partial charge in [0.2, 0.25) is 10.0 Å². The summed E-state index contributed by atoms with van der Waals surface area (Å²) in [7, 11) is 3.50. The van der Waals surface area contributed by atoms with E-state index in [9.17, 15) is 8.42 Å². The van der Waals surface area contributed by atoms with Crippen LogP contribution >= 0.6 is 12.2 Å². The van der Waals surface area contributed by atoms with E-state index in [0.29, 0.717) is 17.3 Å². The molecule has 0 atom stereocenters.